The molecule has 40 heavy (non-hydrogen) atoms. The van der Waals surface area contributed by atoms with E-state index >= 15 is 0 Å². The molecule has 1 aromatic heterocycles. The molecule has 0 unspecified atom stereocenters. The number of guanidine groups is 1. The number of hydrazine groups is 1. The van der Waals surface area contributed by atoms with Gasteiger partial charge in [0.25, 0.3) is 0 Å². The van der Waals surface area contributed by atoms with Crippen molar-refractivity contribution in [2.45, 2.75) is 65.0 Å². The molecule has 2 aliphatic carbocycles. The fourth-order valence-corrected chi connectivity index (χ4v) is 4.59. The van der Waals surface area contributed by atoms with Crippen LogP contribution in [-0.4, -0.2) is 41.1 Å². The summed E-state index contributed by atoms with van der Waals surface area (Å²) in [5.74, 6) is 7.40. The minimum atomic E-state index is -4.96. The van der Waals surface area contributed by atoms with Crippen LogP contribution in [0.2, 0.25) is 0 Å². The first-order valence-electron chi connectivity index (χ1n) is 13.2. The van der Waals surface area contributed by atoms with Crippen LogP contribution in [0.4, 0.5) is 32.2 Å². The first-order valence-corrected chi connectivity index (χ1v) is 13.2. The molecule has 2 fully saturated rings. The minimum Gasteiger partial charge on any atom is -0.368 e. The third-order valence-corrected chi connectivity index (χ3v) is 7.14. The predicted molar refractivity (Wildman–Crippen MR) is 141 cm³/mol. The van der Waals surface area contributed by atoms with E-state index in [0.717, 1.165) is 66.5 Å². The average molecular weight is 572 g/mol. The van der Waals surface area contributed by atoms with E-state index in [1.54, 1.807) is 0 Å². The molecule has 0 atom stereocenters. The molecule has 0 saturated heterocycles. The molecule has 1 heterocycles. The van der Waals surface area contributed by atoms with Gasteiger partial charge in [-0.1, -0.05) is 0 Å². The van der Waals surface area contributed by atoms with Crippen LogP contribution in [0.25, 0.3) is 0 Å². The molecule has 220 valence electrons. The molecule has 13 heteroatoms. The van der Waals surface area contributed by atoms with Gasteiger partial charge in [-0.25, -0.2) is 15.9 Å². The van der Waals surface area contributed by atoms with E-state index in [4.69, 9.17) is 16.6 Å². The van der Waals surface area contributed by atoms with Crippen LogP contribution in [-0.2, 0) is 25.4 Å². The summed E-state index contributed by atoms with van der Waals surface area (Å²) < 4.78 is 81.2. The van der Waals surface area contributed by atoms with Gasteiger partial charge < -0.3 is 15.5 Å². The summed E-state index contributed by atoms with van der Waals surface area (Å²) >= 11 is 0. The lowest BCUT2D eigenvalue weighted by Crippen LogP contribution is -2.40. The number of nitrogens with zero attached hydrogens (tertiary/aromatic N) is 5. The fourth-order valence-electron chi connectivity index (χ4n) is 4.59. The van der Waals surface area contributed by atoms with Crippen molar-refractivity contribution in [1.29, 1.82) is 0 Å². The van der Waals surface area contributed by atoms with Crippen molar-refractivity contribution in [3.05, 3.63) is 57.8 Å². The molecule has 2 aliphatic rings. The number of hydrogen-bond donors (Lipinski definition) is 2. The van der Waals surface area contributed by atoms with Gasteiger partial charge in [0.15, 0.2) is 0 Å². The summed E-state index contributed by atoms with van der Waals surface area (Å²) in [5, 5.41) is 4.93. The summed E-state index contributed by atoms with van der Waals surface area (Å²) in [7, 11) is 1.41. The summed E-state index contributed by atoms with van der Waals surface area (Å²) in [4.78, 5) is 8.58. The van der Waals surface area contributed by atoms with E-state index in [0.29, 0.717) is 24.0 Å². The Morgan fingerprint density at radius 2 is 1.43 bits per heavy atom. The van der Waals surface area contributed by atoms with Gasteiger partial charge in [-0.3, -0.25) is 0 Å². The van der Waals surface area contributed by atoms with Crippen LogP contribution >= 0.6 is 0 Å². The van der Waals surface area contributed by atoms with Crippen molar-refractivity contribution in [3.8, 4) is 0 Å². The minimum absolute atomic E-state index is 0.0516. The monoisotopic (exact) mass is 571 g/mol. The predicted octanol–water partition coefficient (Wildman–Crippen LogP) is 5.40. The summed E-state index contributed by atoms with van der Waals surface area (Å²) in [6.07, 6.45) is -5.34. The van der Waals surface area contributed by atoms with Gasteiger partial charge >= 0.3 is 12.4 Å². The van der Waals surface area contributed by atoms with E-state index in [1.807, 2.05) is 19.9 Å². The summed E-state index contributed by atoms with van der Waals surface area (Å²) in [6.45, 7) is 5.18. The molecular formula is C27H35F6N7. The van der Waals surface area contributed by atoms with Crippen LogP contribution in [0, 0.1) is 25.7 Å². The van der Waals surface area contributed by atoms with Crippen LogP contribution in [0.5, 0.6) is 0 Å². The Morgan fingerprint density at radius 3 is 1.88 bits per heavy atom. The summed E-state index contributed by atoms with van der Waals surface area (Å²) in [6, 6.07) is 3.46. The number of halogens is 6. The van der Waals surface area contributed by atoms with Crippen LogP contribution < -0.4 is 16.5 Å². The van der Waals surface area contributed by atoms with E-state index in [2.05, 4.69) is 10.0 Å². The smallest absolute Gasteiger partial charge is 0.368 e. The molecule has 0 aliphatic heterocycles. The van der Waals surface area contributed by atoms with Gasteiger partial charge in [-0.15, -0.1) is 5.10 Å². The van der Waals surface area contributed by atoms with E-state index in [9.17, 15) is 26.3 Å². The third-order valence-electron chi connectivity index (χ3n) is 7.14. The lowest BCUT2D eigenvalue weighted by atomic mass is 10.0. The Balaban J connectivity index is 1.74. The molecule has 0 spiro atoms. The maximum Gasteiger partial charge on any atom is 0.416 e. The zero-order chi connectivity index (χ0) is 29.4. The molecule has 2 saturated carbocycles. The Kier molecular flexibility index (Phi) is 8.44. The number of aromatic nitrogens is 1. The second-order valence-electron chi connectivity index (χ2n) is 11.0. The highest BCUT2D eigenvalue weighted by Gasteiger charge is 2.37. The first-order chi connectivity index (χ1) is 18.6. The van der Waals surface area contributed by atoms with Gasteiger partial charge in [0.05, 0.1) is 11.1 Å². The van der Waals surface area contributed by atoms with Crippen LogP contribution in [0.1, 0.15) is 59.2 Å². The third kappa shape index (κ3) is 7.92. The Bertz CT molecular complexity index is 1190. The standard InChI is InChI=1S/C27H35F6N7/c1-16-8-21(24(36-17(16)2)39(12-18-4-5-18)13-19-6-7-19)15-40(25(34)37-38(3)35)14-20-9-22(26(28,29)30)11-23(10-20)27(31,32)33/h8-11,18-19H,4-7,12-15,35H2,1-3H3,(H2,34,37). The number of pyridine rings is 1. The largest absolute Gasteiger partial charge is 0.416 e. The number of rotatable bonds is 10. The van der Waals surface area contributed by atoms with Crippen molar-refractivity contribution >= 4 is 11.8 Å². The van der Waals surface area contributed by atoms with Crippen LogP contribution in [0.15, 0.2) is 29.4 Å². The number of aryl methyl sites for hydroxylation is 2. The van der Waals surface area contributed by atoms with Crippen molar-refractivity contribution in [1.82, 2.24) is 15.0 Å². The fraction of sp³-hybridized carbons (Fsp3) is 0.556. The van der Waals surface area contributed by atoms with Gasteiger partial charge in [0.1, 0.15) is 5.82 Å². The van der Waals surface area contributed by atoms with Crippen molar-refractivity contribution in [2.24, 2.45) is 28.5 Å². The second kappa shape index (κ2) is 11.3. The number of benzene rings is 1. The van der Waals surface area contributed by atoms with Crippen LogP contribution in [0.3, 0.4) is 0 Å². The molecule has 4 rings (SSSR count). The molecule has 4 N–H and O–H groups in total. The van der Waals surface area contributed by atoms with Crippen molar-refractivity contribution < 1.29 is 26.3 Å². The number of hydrazone groups is 1. The molecule has 2 aromatic rings. The highest BCUT2D eigenvalue weighted by Crippen LogP contribution is 2.38. The average Bonchev–Trinajstić information content (AvgIpc) is 3.76. The Labute approximate surface area is 229 Å². The molecule has 0 amide bonds. The molecule has 1 aromatic carbocycles. The van der Waals surface area contributed by atoms with Gasteiger partial charge in [-0.05, 0) is 86.8 Å². The molecule has 0 radical (unpaired) electrons. The molecule has 7 nitrogen and oxygen atoms in total. The quantitative estimate of drug-likeness (QED) is 0.131. The lowest BCUT2D eigenvalue weighted by molar-refractivity contribution is -0.143. The maximum atomic E-state index is 13.5. The number of alkyl halides is 6. The zero-order valence-corrected chi connectivity index (χ0v) is 22.8. The Morgan fingerprint density at radius 1 is 0.900 bits per heavy atom. The van der Waals surface area contributed by atoms with Gasteiger partial charge in [-0.2, -0.15) is 26.3 Å². The van der Waals surface area contributed by atoms with Gasteiger partial charge in [0.2, 0.25) is 5.96 Å². The van der Waals surface area contributed by atoms with E-state index in [1.165, 1.54) is 11.9 Å². The van der Waals surface area contributed by atoms with Gasteiger partial charge in [0, 0.05) is 44.5 Å². The number of nitrogens with two attached hydrogens (primary N) is 2. The first kappa shape index (κ1) is 29.8. The normalized spacial score (nSPS) is 16.3. The zero-order valence-electron chi connectivity index (χ0n) is 22.8. The Hall–Kier alpha value is -3.22. The highest BCUT2D eigenvalue weighted by molar-refractivity contribution is 5.78. The molecular weight excluding hydrogens is 536 g/mol. The lowest BCUT2D eigenvalue weighted by Gasteiger charge is -2.30. The summed E-state index contributed by atoms with van der Waals surface area (Å²) in [5.41, 5.74) is 5.72. The van der Waals surface area contributed by atoms with Crippen molar-refractivity contribution in [3.63, 3.8) is 0 Å². The molecule has 0 bridgehead atoms. The topological polar surface area (TPSA) is 87.0 Å². The second-order valence-corrected chi connectivity index (χ2v) is 11.0. The van der Waals surface area contributed by atoms with E-state index < -0.39 is 23.5 Å². The number of hydrogen-bond acceptors (Lipinski definition) is 5. The SMILES string of the molecule is Cc1cc(CN(Cc2cc(C(F)(F)F)cc(C(F)(F)F)c2)/C(N)=N/N(C)N)c(N(CC2CC2)CC2CC2)nc1C. The van der Waals surface area contributed by atoms with Crippen molar-refractivity contribution in [2.75, 3.05) is 25.0 Å². The van der Waals surface area contributed by atoms with E-state index in [-0.39, 0.29) is 30.7 Å². The number of anilines is 1. The highest BCUT2D eigenvalue weighted by atomic mass is 19.4. The maximum absolute atomic E-state index is 13.5.